The lowest BCUT2D eigenvalue weighted by atomic mass is 10.4. The molecule has 1 fully saturated rings. The van der Waals surface area contributed by atoms with Crippen LogP contribution >= 0.6 is 11.3 Å². The van der Waals surface area contributed by atoms with Crippen LogP contribution in [0.4, 0.5) is 4.79 Å². The normalized spacial score (nSPS) is 15.2. The third-order valence-corrected chi connectivity index (χ3v) is 4.12. The van der Waals surface area contributed by atoms with Gasteiger partial charge in [0.15, 0.2) is 0 Å². The minimum Gasteiger partial charge on any atom is -0.339 e. The first kappa shape index (κ1) is 14.5. The van der Waals surface area contributed by atoms with E-state index in [1.165, 1.54) is 14.7 Å². The number of likely N-dealkylation sites (N-methyl/N-ethyl adjacent to an activating group) is 2. The summed E-state index contributed by atoms with van der Waals surface area (Å²) in [6.45, 7) is 2.35. The Balaban J connectivity index is 1.94. The van der Waals surface area contributed by atoms with Crippen LogP contribution in [0.15, 0.2) is 12.1 Å². The maximum Gasteiger partial charge on any atom is 0.327 e. The van der Waals surface area contributed by atoms with E-state index in [1.54, 1.807) is 25.4 Å². The van der Waals surface area contributed by atoms with Crippen LogP contribution in [0, 0.1) is 6.92 Å². The summed E-state index contributed by atoms with van der Waals surface area (Å²) in [4.78, 5) is 41.5. The second-order valence-corrected chi connectivity index (χ2v) is 6.25. The van der Waals surface area contributed by atoms with E-state index < -0.39 is 6.03 Å². The van der Waals surface area contributed by atoms with Crippen molar-refractivity contribution in [2.45, 2.75) is 13.5 Å². The maximum atomic E-state index is 12.1. The molecule has 4 amide bonds. The summed E-state index contributed by atoms with van der Waals surface area (Å²) in [7, 11) is 3.22. The second-order valence-electron chi connectivity index (χ2n) is 4.88. The molecule has 20 heavy (non-hydrogen) atoms. The standard InChI is InChI=1S/C13H17N3O3S/c1-9-4-5-10(20-9)6-14(2)11(17)8-16-12(18)7-15(3)13(16)19/h4-5H,6-8H2,1-3H3. The van der Waals surface area contributed by atoms with Gasteiger partial charge in [-0.3, -0.25) is 14.5 Å². The van der Waals surface area contributed by atoms with E-state index in [0.717, 1.165) is 9.78 Å². The molecule has 0 unspecified atom stereocenters. The largest absolute Gasteiger partial charge is 0.339 e. The first-order valence-corrected chi connectivity index (χ1v) is 7.05. The maximum absolute atomic E-state index is 12.1. The van der Waals surface area contributed by atoms with Crippen molar-refractivity contribution in [2.75, 3.05) is 27.2 Å². The molecular weight excluding hydrogens is 278 g/mol. The van der Waals surface area contributed by atoms with E-state index in [1.807, 2.05) is 19.1 Å². The summed E-state index contributed by atoms with van der Waals surface area (Å²) >= 11 is 1.63. The lowest BCUT2D eigenvalue weighted by molar-refractivity contribution is -0.135. The molecule has 1 aliphatic heterocycles. The van der Waals surface area contributed by atoms with E-state index in [0.29, 0.717) is 6.54 Å². The van der Waals surface area contributed by atoms with Crippen molar-refractivity contribution in [3.8, 4) is 0 Å². The van der Waals surface area contributed by atoms with Gasteiger partial charge in [0.05, 0.1) is 6.54 Å². The molecule has 0 saturated carbocycles. The Morgan fingerprint density at radius 1 is 1.40 bits per heavy atom. The molecule has 0 N–H and O–H groups in total. The fourth-order valence-corrected chi connectivity index (χ4v) is 2.92. The molecule has 0 spiro atoms. The number of amides is 4. The fraction of sp³-hybridized carbons (Fsp3) is 0.462. The van der Waals surface area contributed by atoms with Gasteiger partial charge in [0.2, 0.25) is 5.91 Å². The zero-order valence-corrected chi connectivity index (χ0v) is 12.6. The van der Waals surface area contributed by atoms with Crippen molar-refractivity contribution < 1.29 is 14.4 Å². The third kappa shape index (κ3) is 2.98. The van der Waals surface area contributed by atoms with Gasteiger partial charge in [-0.1, -0.05) is 0 Å². The van der Waals surface area contributed by atoms with Gasteiger partial charge in [-0.05, 0) is 19.1 Å². The van der Waals surface area contributed by atoms with Crippen LogP contribution < -0.4 is 0 Å². The molecule has 0 aliphatic carbocycles. The van der Waals surface area contributed by atoms with E-state index >= 15 is 0 Å². The quantitative estimate of drug-likeness (QED) is 0.776. The minimum absolute atomic E-state index is 0.0416. The predicted octanol–water partition coefficient (Wildman–Crippen LogP) is 0.909. The first-order valence-electron chi connectivity index (χ1n) is 6.23. The number of urea groups is 1. The zero-order chi connectivity index (χ0) is 14.9. The van der Waals surface area contributed by atoms with Crippen molar-refractivity contribution in [3.63, 3.8) is 0 Å². The number of carbonyl (C=O) groups is 3. The smallest absolute Gasteiger partial charge is 0.327 e. The van der Waals surface area contributed by atoms with Gasteiger partial charge < -0.3 is 9.80 Å². The van der Waals surface area contributed by atoms with Crippen molar-refractivity contribution >= 4 is 29.2 Å². The highest BCUT2D eigenvalue weighted by Crippen LogP contribution is 2.17. The topological polar surface area (TPSA) is 60.9 Å². The molecule has 6 nitrogen and oxygen atoms in total. The Morgan fingerprint density at radius 3 is 2.60 bits per heavy atom. The Bertz CT molecular complexity index is 555. The molecule has 1 aliphatic rings. The Hall–Kier alpha value is -1.89. The molecule has 108 valence electrons. The van der Waals surface area contributed by atoms with Crippen LogP contribution in [0.2, 0.25) is 0 Å². The van der Waals surface area contributed by atoms with E-state index in [2.05, 4.69) is 0 Å². The summed E-state index contributed by atoms with van der Waals surface area (Å²) in [6.07, 6.45) is 0. The van der Waals surface area contributed by atoms with Crippen LogP contribution in [-0.4, -0.2) is 59.7 Å². The number of thiophene rings is 1. The fourth-order valence-electron chi connectivity index (χ4n) is 1.97. The molecule has 0 bridgehead atoms. The summed E-state index contributed by atoms with van der Waals surface area (Å²) in [6, 6.07) is 3.56. The number of imide groups is 1. The number of carbonyl (C=O) groups excluding carboxylic acids is 3. The van der Waals surface area contributed by atoms with Gasteiger partial charge in [0, 0.05) is 23.8 Å². The number of nitrogens with zero attached hydrogens (tertiary/aromatic N) is 3. The van der Waals surface area contributed by atoms with Crippen LogP contribution in [0.25, 0.3) is 0 Å². The van der Waals surface area contributed by atoms with Crippen LogP contribution in [0.3, 0.4) is 0 Å². The molecule has 1 saturated heterocycles. The van der Waals surface area contributed by atoms with Crippen molar-refractivity contribution in [1.82, 2.24) is 14.7 Å². The predicted molar refractivity (Wildman–Crippen MR) is 75.3 cm³/mol. The zero-order valence-electron chi connectivity index (χ0n) is 11.8. The molecule has 0 aromatic carbocycles. The summed E-state index contributed by atoms with van der Waals surface area (Å²) in [5, 5.41) is 0. The Morgan fingerprint density at radius 2 is 2.10 bits per heavy atom. The average Bonchev–Trinajstić information content (AvgIpc) is 2.88. The Labute approximate surface area is 121 Å². The lowest BCUT2D eigenvalue weighted by Gasteiger charge is -2.20. The van der Waals surface area contributed by atoms with E-state index in [9.17, 15) is 14.4 Å². The van der Waals surface area contributed by atoms with Crippen LogP contribution in [0.5, 0.6) is 0 Å². The number of aryl methyl sites for hydroxylation is 1. The van der Waals surface area contributed by atoms with Crippen molar-refractivity contribution in [3.05, 3.63) is 21.9 Å². The van der Waals surface area contributed by atoms with Crippen LogP contribution in [-0.2, 0) is 16.1 Å². The lowest BCUT2D eigenvalue weighted by Crippen LogP contribution is -2.41. The number of hydrogen-bond donors (Lipinski definition) is 0. The molecular formula is C13H17N3O3S. The Kier molecular flexibility index (Phi) is 4.08. The summed E-state index contributed by atoms with van der Waals surface area (Å²) in [5.74, 6) is -0.570. The van der Waals surface area contributed by atoms with Gasteiger partial charge >= 0.3 is 6.03 Å². The summed E-state index contributed by atoms with van der Waals surface area (Å²) in [5.41, 5.74) is 0. The average molecular weight is 295 g/mol. The molecule has 7 heteroatoms. The highest BCUT2D eigenvalue weighted by Gasteiger charge is 2.35. The number of hydrogen-bond acceptors (Lipinski definition) is 4. The highest BCUT2D eigenvalue weighted by atomic mass is 32.1. The van der Waals surface area contributed by atoms with Gasteiger partial charge in [-0.15, -0.1) is 11.3 Å². The highest BCUT2D eigenvalue weighted by molar-refractivity contribution is 7.11. The molecule has 0 atom stereocenters. The first-order chi connectivity index (χ1) is 9.38. The third-order valence-electron chi connectivity index (χ3n) is 3.14. The number of rotatable bonds is 4. The van der Waals surface area contributed by atoms with Gasteiger partial charge in [0.1, 0.15) is 13.1 Å². The second kappa shape index (κ2) is 5.62. The van der Waals surface area contributed by atoms with Crippen molar-refractivity contribution in [2.24, 2.45) is 0 Å². The molecule has 1 aromatic rings. The monoisotopic (exact) mass is 295 g/mol. The van der Waals surface area contributed by atoms with Gasteiger partial charge in [-0.2, -0.15) is 0 Å². The van der Waals surface area contributed by atoms with Crippen molar-refractivity contribution in [1.29, 1.82) is 0 Å². The summed E-state index contributed by atoms with van der Waals surface area (Å²) < 4.78 is 0. The molecule has 2 heterocycles. The van der Waals surface area contributed by atoms with E-state index in [4.69, 9.17) is 0 Å². The van der Waals surface area contributed by atoms with Gasteiger partial charge in [-0.25, -0.2) is 4.79 Å². The molecule has 0 radical (unpaired) electrons. The SMILES string of the molecule is Cc1ccc(CN(C)C(=O)CN2C(=O)CN(C)C2=O)s1. The van der Waals surface area contributed by atoms with Gasteiger partial charge in [0.25, 0.3) is 5.91 Å². The molecule has 2 rings (SSSR count). The molecule has 1 aromatic heterocycles. The van der Waals surface area contributed by atoms with Crippen LogP contribution in [0.1, 0.15) is 9.75 Å². The van der Waals surface area contributed by atoms with E-state index in [-0.39, 0.29) is 24.9 Å². The minimum atomic E-state index is -0.413.